The van der Waals surface area contributed by atoms with Gasteiger partial charge in [0.2, 0.25) is 0 Å². The summed E-state index contributed by atoms with van der Waals surface area (Å²) in [5.41, 5.74) is 2.41. The maximum absolute atomic E-state index is 9.99. The lowest BCUT2D eigenvalue weighted by molar-refractivity contribution is 0.0149. The first-order chi connectivity index (χ1) is 9.25. The van der Waals surface area contributed by atoms with Crippen LogP contribution in [0.2, 0.25) is 0 Å². The van der Waals surface area contributed by atoms with Gasteiger partial charge in [0.1, 0.15) is 0 Å². The molecule has 0 aliphatic carbocycles. The molecule has 0 spiro atoms. The molecule has 0 bridgehead atoms. The van der Waals surface area contributed by atoms with Crippen molar-refractivity contribution in [2.45, 2.75) is 19.6 Å². The predicted molar refractivity (Wildman–Crippen MR) is 73.9 cm³/mol. The molecule has 2 rings (SSSR count). The van der Waals surface area contributed by atoms with Crippen LogP contribution in [0.3, 0.4) is 0 Å². The molecule has 5 nitrogen and oxygen atoms in total. The van der Waals surface area contributed by atoms with Crippen LogP contribution < -0.4 is 5.32 Å². The Kier molecular flexibility index (Phi) is 5.72. The van der Waals surface area contributed by atoms with Gasteiger partial charge in [-0.15, -0.1) is 0 Å². The van der Waals surface area contributed by atoms with E-state index in [1.807, 2.05) is 19.2 Å². The number of aliphatic hydroxyl groups is 1. The fourth-order valence-corrected chi connectivity index (χ4v) is 2.22. The largest absolute Gasteiger partial charge is 0.390 e. The first-order valence-corrected chi connectivity index (χ1v) is 6.84. The molecule has 106 valence electrons. The summed E-state index contributed by atoms with van der Waals surface area (Å²) >= 11 is 0. The van der Waals surface area contributed by atoms with Gasteiger partial charge in [-0.2, -0.15) is 0 Å². The third-order valence-corrected chi connectivity index (χ3v) is 3.40. The summed E-state index contributed by atoms with van der Waals surface area (Å²) in [6.07, 6.45) is 3.33. The summed E-state index contributed by atoms with van der Waals surface area (Å²) in [7, 11) is 0. The summed E-state index contributed by atoms with van der Waals surface area (Å²) < 4.78 is 5.29. The van der Waals surface area contributed by atoms with Gasteiger partial charge in [-0.1, -0.05) is 0 Å². The van der Waals surface area contributed by atoms with Gasteiger partial charge in [0.05, 0.1) is 19.3 Å². The van der Waals surface area contributed by atoms with E-state index in [0.29, 0.717) is 13.1 Å². The Morgan fingerprint density at radius 3 is 3.00 bits per heavy atom. The summed E-state index contributed by atoms with van der Waals surface area (Å²) in [6.45, 7) is 7.53. The Bertz CT molecular complexity index is 381. The highest BCUT2D eigenvalue weighted by atomic mass is 16.5. The minimum Gasteiger partial charge on any atom is -0.390 e. The van der Waals surface area contributed by atoms with Crippen molar-refractivity contribution >= 4 is 0 Å². The smallest absolute Gasteiger partial charge is 0.0791 e. The molecule has 0 saturated carbocycles. The van der Waals surface area contributed by atoms with E-state index in [2.05, 4.69) is 15.2 Å². The normalized spacial score (nSPS) is 18.4. The Morgan fingerprint density at radius 1 is 1.47 bits per heavy atom. The van der Waals surface area contributed by atoms with Crippen molar-refractivity contribution in [3.05, 3.63) is 29.6 Å². The molecule has 1 aliphatic heterocycles. The number of pyridine rings is 1. The molecule has 2 N–H and O–H groups in total. The maximum Gasteiger partial charge on any atom is 0.0791 e. The van der Waals surface area contributed by atoms with Crippen LogP contribution >= 0.6 is 0 Å². The second-order valence-electron chi connectivity index (χ2n) is 5.00. The zero-order chi connectivity index (χ0) is 13.5. The number of nitrogens with one attached hydrogen (secondary N) is 1. The molecule has 19 heavy (non-hydrogen) atoms. The van der Waals surface area contributed by atoms with Crippen molar-refractivity contribution < 1.29 is 9.84 Å². The SMILES string of the molecule is Cc1cnccc1CNCC(O)CN1CCOCC1. The molecule has 0 aromatic carbocycles. The zero-order valence-electron chi connectivity index (χ0n) is 11.5. The van der Waals surface area contributed by atoms with Crippen LogP contribution in [0, 0.1) is 6.92 Å². The lowest BCUT2D eigenvalue weighted by atomic mass is 10.1. The lowest BCUT2D eigenvalue weighted by Gasteiger charge is -2.28. The van der Waals surface area contributed by atoms with Crippen molar-refractivity contribution in [2.24, 2.45) is 0 Å². The summed E-state index contributed by atoms with van der Waals surface area (Å²) in [5, 5.41) is 13.3. The van der Waals surface area contributed by atoms with Crippen LogP contribution in [0.5, 0.6) is 0 Å². The van der Waals surface area contributed by atoms with Crippen molar-refractivity contribution in [1.29, 1.82) is 0 Å². The van der Waals surface area contributed by atoms with Gasteiger partial charge in [0.25, 0.3) is 0 Å². The van der Waals surface area contributed by atoms with Crippen LogP contribution in [0.25, 0.3) is 0 Å². The number of aryl methyl sites for hydroxylation is 1. The average Bonchev–Trinajstić information content (AvgIpc) is 2.42. The van der Waals surface area contributed by atoms with E-state index in [-0.39, 0.29) is 6.10 Å². The minimum absolute atomic E-state index is 0.333. The lowest BCUT2D eigenvalue weighted by Crippen LogP contribution is -2.43. The third-order valence-electron chi connectivity index (χ3n) is 3.40. The third kappa shape index (κ3) is 4.87. The predicted octanol–water partition coefficient (Wildman–Crippen LogP) is 0.173. The first-order valence-electron chi connectivity index (χ1n) is 6.84. The standard InChI is InChI=1S/C14H23N3O2/c1-12-8-15-3-2-13(12)9-16-10-14(18)11-17-4-6-19-7-5-17/h2-3,8,14,16,18H,4-7,9-11H2,1H3. The van der Waals surface area contributed by atoms with Crippen molar-refractivity contribution in [1.82, 2.24) is 15.2 Å². The molecule has 0 radical (unpaired) electrons. The molecule has 1 aromatic heterocycles. The number of hydrogen-bond acceptors (Lipinski definition) is 5. The number of aliphatic hydroxyl groups excluding tert-OH is 1. The number of β-amino-alcohol motifs (C(OH)–C–C–N with tert-alkyl or cyclic N) is 1. The minimum atomic E-state index is -0.333. The van der Waals surface area contributed by atoms with Crippen molar-refractivity contribution in [2.75, 3.05) is 39.4 Å². The zero-order valence-corrected chi connectivity index (χ0v) is 11.5. The second kappa shape index (κ2) is 7.55. The molecule has 2 heterocycles. The van der Waals surface area contributed by atoms with Gasteiger partial charge in [-0.25, -0.2) is 0 Å². The van der Waals surface area contributed by atoms with E-state index in [0.717, 1.165) is 32.8 Å². The number of morpholine rings is 1. The monoisotopic (exact) mass is 265 g/mol. The van der Waals surface area contributed by atoms with E-state index in [1.54, 1.807) is 6.20 Å². The van der Waals surface area contributed by atoms with E-state index in [9.17, 15) is 5.11 Å². The molecular weight excluding hydrogens is 242 g/mol. The molecule has 1 aromatic rings. The highest BCUT2D eigenvalue weighted by Crippen LogP contribution is 2.04. The molecule has 1 atom stereocenters. The Balaban J connectivity index is 1.66. The topological polar surface area (TPSA) is 57.6 Å². The molecule has 1 aliphatic rings. The van der Waals surface area contributed by atoms with Crippen LogP contribution in [0.15, 0.2) is 18.5 Å². The Morgan fingerprint density at radius 2 is 2.26 bits per heavy atom. The van der Waals surface area contributed by atoms with Gasteiger partial charge in [0, 0.05) is 45.1 Å². The molecular formula is C14H23N3O2. The summed E-state index contributed by atoms with van der Waals surface area (Å²) in [6, 6.07) is 2.01. The molecule has 1 fully saturated rings. The molecule has 1 unspecified atom stereocenters. The fraction of sp³-hybridized carbons (Fsp3) is 0.643. The van der Waals surface area contributed by atoms with Crippen LogP contribution in [0.4, 0.5) is 0 Å². The molecule has 5 heteroatoms. The van der Waals surface area contributed by atoms with Gasteiger partial charge >= 0.3 is 0 Å². The Labute approximate surface area is 114 Å². The van der Waals surface area contributed by atoms with Gasteiger partial charge in [-0.05, 0) is 24.1 Å². The van der Waals surface area contributed by atoms with Crippen molar-refractivity contribution in [3.63, 3.8) is 0 Å². The molecule has 1 saturated heterocycles. The summed E-state index contributed by atoms with van der Waals surface area (Å²) in [4.78, 5) is 6.31. The quantitative estimate of drug-likeness (QED) is 0.768. The number of aromatic nitrogens is 1. The molecule has 0 amide bonds. The first kappa shape index (κ1) is 14.4. The fourth-order valence-electron chi connectivity index (χ4n) is 2.22. The van der Waals surface area contributed by atoms with E-state index >= 15 is 0 Å². The highest BCUT2D eigenvalue weighted by molar-refractivity contribution is 5.21. The van der Waals surface area contributed by atoms with E-state index in [4.69, 9.17) is 4.74 Å². The van der Waals surface area contributed by atoms with E-state index in [1.165, 1.54) is 11.1 Å². The van der Waals surface area contributed by atoms with Gasteiger partial charge in [0.15, 0.2) is 0 Å². The van der Waals surface area contributed by atoms with E-state index < -0.39 is 0 Å². The van der Waals surface area contributed by atoms with Crippen LogP contribution in [-0.2, 0) is 11.3 Å². The summed E-state index contributed by atoms with van der Waals surface area (Å²) in [5.74, 6) is 0. The number of ether oxygens (including phenoxy) is 1. The average molecular weight is 265 g/mol. The van der Waals surface area contributed by atoms with Crippen molar-refractivity contribution in [3.8, 4) is 0 Å². The highest BCUT2D eigenvalue weighted by Gasteiger charge is 2.14. The van der Waals surface area contributed by atoms with Crippen LogP contribution in [-0.4, -0.2) is 60.5 Å². The number of hydrogen-bond donors (Lipinski definition) is 2. The van der Waals surface area contributed by atoms with Gasteiger partial charge < -0.3 is 15.2 Å². The number of nitrogens with zero attached hydrogens (tertiary/aromatic N) is 2. The maximum atomic E-state index is 9.99. The number of rotatable bonds is 6. The second-order valence-corrected chi connectivity index (χ2v) is 5.00. The van der Waals surface area contributed by atoms with Gasteiger partial charge in [-0.3, -0.25) is 9.88 Å². The Hall–Kier alpha value is -1.01. The van der Waals surface area contributed by atoms with Crippen LogP contribution in [0.1, 0.15) is 11.1 Å².